The van der Waals surface area contributed by atoms with Gasteiger partial charge in [-0.15, -0.1) is 0 Å². The molecule has 10 nitrogen and oxygen atoms in total. The van der Waals surface area contributed by atoms with Crippen molar-refractivity contribution in [3.63, 3.8) is 0 Å². The first-order chi connectivity index (χ1) is 14.5. The van der Waals surface area contributed by atoms with Crippen molar-refractivity contribution in [3.8, 4) is 11.5 Å². The summed E-state index contributed by atoms with van der Waals surface area (Å²) in [5, 5.41) is 0.420. The molecule has 4 rings (SSSR count). The summed E-state index contributed by atoms with van der Waals surface area (Å²) < 4.78 is 17.3. The maximum Gasteiger partial charge on any atom is 0.409 e. The summed E-state index contributed by atoms with van der Waals surface area (Å²) in [5.74, 6) is 0.972. The molecule has 2 amide bonds. The van der Waals surface area contributed by atoms with Crippen LogP contribution in [0.2, 0.25) is 0 Å². The number of hydrogen-bond acceptors (Lipinski definition) is 7. The van der Waals surface area contributed by atoms with Crippen LogP contribution < -0.4 is 15.0 Å². The fraction of sp³-hybridized carbons (Fsp3) is 0.474. The van der Waals surface area contributed by atoms with E-state index in [-0.39, 0.29) is 42.1 Å². The second-order valence-electron chi connectivity index (χ2n) is 6.95. The molecule has 11 heteroatoms. The monoisotopic (exact) mass is 434 g/mol. The zero-order valence-corrected chi connectivity index (χ0v) is 17.3. The molecule has 160 valence electrons. The summed E-state index contributed by atoms with van der Waals surface area (Å²) in [7, 11) is 0. The van der Waals surface area contributed by atoms with Gasteiger partial charge in [0.05, 0.1) is 17.5 Å². The molecular formula is C19H22N4O6S. The van der Waals surface area contributed by atoms with Gasteiger partial charge in [0, 0.05) is 45.2 Å². The Morgan fingerprint density at radius 2 is 1.80 bits per heavy atom. The molecule has 0 unspecified atom stereocenters. The standard InChI is InChI=1S/C19H22N4O6S/c1-2-27-19(26)22-7-5-21(6-8-22)16(24)3-4-23-17(25)12-9-14-15(29-11-28-14)10-13(12)20-18(23)30/h9-10H,2-8,11H2,1H3,(H,20,30). The summed E-state index contributed by atoms with van der Waals surface area (Å²) in [6.07, 6.45) is -0.230. The Morgan fingerprint density at radius 1 is 1.13 bits per heavy atom. The van der Waals surface area contributed by atoms with Gasteiger partial charge < -0.3 is 29.0 Å². The van der Waals surface area contributed by atoms with Gasteiger partial charge in [0.15, 0.2) is 16.3 Å². The summed E-state index contributed by atoms with van der Waals surface area (Å²) in [6.45, 7) is 4.06. The summed E-state index contributed by atoms with van der Waals surface area (Å²) in [5.41, 5.74) is 0.277. The SMILES string of the molecule is CCOC(=O)N1CCN(C(=O)CCn2c(=S)[nH]c3cc4c(cc3c2=O)OCO4)CC1. The average molecular weight is 434 g/mol. The number of piperazine rings is 1. The largest absolute Gasteiger partial charge is 0.454 e. The number of rotatable bonds is 4. The Labute approximate surface area is 176 Å². The molecule has 1 aromatic carbocycles. The first-order valence-corrected chi connectivity index (χ1v) is 10.1. The number of aromatic amines is 1. The van der Waals surface area contributed by atoms with E-state index < -0.39 is 0 Å². The molecular weight excluding hydrogens is 412 g/mol. The van der Waals surface area contributed by atoms with Crippen LogP contribution in [0.4, 0.5) is 4.79 Å². The van der Waals surface area contributed by atoms with Crippen LogP contribution in [0, 0.1) is 4.77 Å². The zero-order valence-electron chi connectivity index (χ0n) is 16.5. The van der Waals surface area contributed by atoms with Crippen LogP contribution in [0.15, 0.2) is 16.9 Å². The molecule has 0 spiro atoms. The van der Waals surface area contributed by atoms with E-state index in [0.29, 0.717) is 55.2 Å². The molecule has 0 radical (unpaired) electrons. The van der Waals surface area contributed by atoms with Crippen LogP contribution in [-0.2, 0) is 16.1 Å². The highest BCUT2D eigenvalue weighted by molar-refractivity contribution is 7.71. The third-order valence-corrected chi connectivity index (χ3v) is 5.51. The molecule has 0 bridgehead atoms. The lowest BCUT2D eigenvalue weighted by Crippen LogP contribution is -2.50. The normalized spacial score (nSPS) is 15.5. The minimum absolute atomic E-state index is 0.0920. The first kappa shape index (κ1) is 20.2. The van der Waals surface area contributed by atoms with Gasteiger partial charge in [-0.05, 0) is 25.2 Å². The Morgan fingerprint density at radius 3 is 2.50 bits per heavy atom. The number of amides is 2. The van der Waals surface area contributed by atoms with E-state index in [1.54, 1.807) is 28.9 Å². The van der Waals surface area contributed by atoms with Crippen LogP contribution in [0.5, 0.6) is 11.5 Å². The van der Waals surface area contributed by atoms with E-state index in [4.69, 9.17) is 26.4 Å². The van der Waals surface area contributed by atoms with Crippen molar-refractivity contribution in [1.29, 1.82) is 0 Å². The van der Waals surface area contributed by atoms with Crippen molar-refractivity contribution in [2.24, 2.45) is 0 Å². The number of nitrogens with zero attached hydrogens (tertiary/aromatic N) is 3. The van der Waals surface area contributed by atoms with E-state index in [1.807, 2.05) is 0 Å². The van der Waals surface area contributed by atoms with E-state index >= 15 is 0 Å². The molecule has 3 heterocycles. The molecule has 1 N–H and O–H groups in total. The number of hydrogen-bond donors (Lipinski definition) is 1. The Balaban J connectivity index is 1.43. The topological polar surface area (TPSA) is 106 Å². The third kappa shape index (κ3) is 3.84. The Kier molecular flexibility index (Phi) is 5.62. The van der Waals surface area contributed by atoms with Gasteiger partial charge in [-0.25, -0.2) is 4.79 Å². The lowest BCUT2D eigenvalue weighted by atomic mass is 10.2. The molecule has 1 saturated heterocycles. The van der Waals surface area contributed by atoms with Crippen molar-refractivity contribution < 1.29 is 23.8 Å². The van der Waals surface area contributed by atoms with Gasteiger partial charge in [-0.1, -0.05) is 0 Å². The van der Waals surface area contributed by atoms with Gasteiger partial charge in [0.2, 0.25) is 12.7 Å². The van der Waals surface area contributed by atoms with Crippen molar-refractivity contribution >= 4 is 35.1 Å². The molecule has 0 saturated carbocycles. The Bertz CT molecular complexity index is 1100. The smallest absolute Gasteiger partial charge is 0.409 e. The van der Waals surface area contributed by atoms with Gasteiger partial charge in [-0.3, -0.25) is 14.2 Å². The van der Waals surface area contributed by atoms with Crippen molar-refractivity contribution in [1.82, 2.24) is 19.4 Å². The summed E-state index contributed by atoms with van der Waals surface area (Å²) >= 11 is 5.32. The fourth-order valence-electron chi connectivity index (χ4n) is 3.56. The van der Waals surface area contributed by atoms with E-state index in [1.165, 1.54) is 4.57 Å². The van der Waals surface area contributed by atoms with Crippen molar-refractivity contribution in [2.45, 2.75) is 19.9 Å². The van der Waals surface area contributed by atoms with Gasteiger partial charge in [0.25, 0.3) is 5.56 Å². The molecule has 2 aromatic rings. The Hall–Kier alpha value is -3.08. The number of ether oxygens (including phenoxy) is 3. The minimum atomic E-state index is -0.362. The molecule has 30 heavy (non-hydrogen) atoms. The molecule has 1 fully saturated rings. The van der Waals surface area contributed by atoms with Gasteiger partial charge in [-0.2, -0.15) is 0 Å². The first-order valence-electron chi connectivity index (χ1n) is 9.74. The van der Waals surface area contributed by atoms with Gasteiger partial charge >= 0.3 is 6.09 Å². The number of benzene rings is 1. The van der Waals surface area contributed by atoms with Crippen LogP contribution >= 0.6 is 12.2 Å². The third-order valence-electron chi connectivity index (χ3n) is 5.18. The number of aromatic nitrogens is 2. The second-order valence-corrected chi connectivity index (χ2v) is 7.34. The number of carbonyl (C=O) groups is 2. The second kappa shape index (κ2) is 8.34. The molecule has 2 aliphatic rings. The predicted molar refractivity (Wildman–Crippen MR) is 109 cm³/mol. The maximum atomic E-state index is 12.9. The van der Waals surface area contributed by atoms with Crippen molar-refractivity contribution in [2.75, 3.05) is 39.6 Å². The van der Waals surface area contributed by atoms with Crippen LogP contribution in [-0.4, -0.2) is 70.9 Å². The van der Waals surface area contributed by atoms with Crippen LogP contribution in [0.3, 0.4) is 0 Å². The number of nitrogens with one attached hydrogen (secondary N) is 1. The van der Waals surface area contributed by atoms with Crippen LogP contribution in [0.1, 0.15) is 13.3 Å². The molecule has 0 aliphatic carbocycles. The van der Waals surface area contributed by atoms with Crippen molar-refractivity contribution in [3.05, 3.63) is 27.3 Å². The maximum absolute atomic E-state index is 12.9. The number of carbonyl (C=O) groups excluding carboxylic acids is 2. The highest BCUT2D eigenvalue weighted by atomic mass is 32.1. The summed E-state index contributed by atoms with van der Waals surface area (Å²) in [4.78, 5) is 43.6. The number of H-pyrrole nitrogens is 1. The van der Waals surface area contributed by atoms with E-state index in [9.17, 15) is 14.4 Å². The zero-order chi connectivity index (χ0) is 21.3. The molecule has 2 aliphatic heterocycles. The summed E-state index contributed by atoms with van der Waals surface area (Å²) in [6, 6.07) is 3.31. The number of fused-ring (bicyclic) bond motifs is 2. The highest BCUT2D eigenvalue weighted by Crippen LogP contribution is 2.34. The van der Waals surface area contributed by atoms with E-state index in [2.05, 4.69) is 4.98 Å². The lowest BCUT2D eigenvalue weighted by Gasteiger charge is -2.34. The molecule has 1 aromatic heterocycles. The highest BCUT2D eigenvalue weighted by Gasteiger charge is 2.25. The lowest BCUT2D eigenvalue weighted by molar-refractivity contribution is -0.133. The molecule has 0 atom stereocenters. The van der Waals surface area contributed by atoms with Crippen LogP contribution in [0.25, 0.3) is 10.9 Å². The van der Waals surface area contributed by atoms with E-state index in [0.717, 1.165) is 0 Å². The minimum Gasteiger partial charge on any atom is -0.454 e. The predicted octanol–water partition coefficient (Wildman–Crippen LogP) is 1.48. The quantitative estimate of drug-likeness (QED) is 0.727. The average Bonchev–Trinajstić information content (AvgIpc) is 3.20. The van der Waals surface area contributed by atoms with Gasteiger partial charge in [0.1, 0.15) is 0 Å². The fourth-order valence-corrected chi connectivity index (χ4v) is 3.85.